The van der Waals surface area contributed by atoms with Crippen LogP contribution in [0.15, 0.2) is 61.1 Å². The number of phenols is 1. The molecule has 2 heterocycles. The van der Waals surface area contributed by atoms with Gasteiger partial charge in [-0.3, -0.25) is 9.20 Å². The van der Waals surface area contributed by atoms with Gasteiger partial charge in [-0.05, 0) is 50.8 Å². The van der Waals surface area contributed by atoms with Crippen molar-refractivity contribution in [2.24, 2.45) is 0 Å². The first-order valence-electron chi connectivity index (χ1n) is 10.3. The number of imidazole rings is 1. The topological polar surface area (TPSA) is 86.0 Å². The average molecular weight is 431 g/mol. The largest absolute Gasteiger partial charge is 0.506 e. The average Bonchev–Trinajstić information content (AvgIpc) is 3.26. The highest BCUT2D eigenvalue weighted by Gasteiger charge is 2.14. The molecule has 164 valence electrons. The molecule has 0 spiro atoms. The van der Waals surface area contributed by atoms with Gasteiger partial charge in [0.05, 0.1) is 29.2 Å². The molecule has 4 aromatic rings. The van der Waals surface area contributed by atoms with Crippen molar-refractivity contribution >= 4 is 39.6 Å². The Morgan fingerprint density at radius 2 is 2.00 bits per heavy atom. The Morgan fingerprint density at radius 3 is 2.75 bits per heavy atom. The molecule has 0 atom stereocenters. The Balaban J connectivity index is 1.72. The summed E-state index contributed by atoms with van der Waals surface area (Å²) < 4.78 is 1.92. The number of benzene rings is 2. The van der Waals surface area contributed by atoms with Crippen LogP contribution in [0.3, 0.4) is 0 Å². The van der Waals surface area contributed by atoms with Gasteiger partial charge in [0.1, 0.15) is 11.3 Å². The van der Waals surface area contributed by atoms with Gasteiger partial charge < -0.3 is 20.2 Å². The maximum atomic E-state index is 12.5. The van der Waals surface area contributed by atoms with Crippen molar-refractivity contribution in [1.29, 1.82) is 0 Å². The summed E-state index contributed by atoms with van der Waals surface area (Å²) in [7, 11) is 5.66. The van der Waals surface area contributed by atoms with E-state index in [1.807, 2.05) is 60.7 Å². The number of hydrogen-bond donors (Lipinski definition) is 2. The van der Waals surface area contributed by atoms with E-state index in [-0.39, 0.29) is 11.7 Å². The molecule has 0 radical (unpaired) electrons. The SMILES string of the molecule is Cc1cccc(O)c1Nc1nc2ccc(N(C)C(=O)/C=C/CN(C)C)cc2n2cncc12. The van der Waals surface area contributed by atoms with Gasteiger partial charge in [0.2, 0.25) is 5.91 Å². The number of nitrogens with zero attached hydrogens (tertiary/aromatic N) is 5. The molecule has 0 saturated heterocycles. The molecular formula is C24H26N6O2. The molecule has 0 unspecified atom stereocenters. The van der Waals surface area contributed by atoms with Crippen LogP contribution in [0, 0.1) is 6.92 Å². The Bertz CT molecular complexity index is 1300. The number of rotatable bonds is 6. The zero-order valence-corrected chi connectivity index (χ0v) is 18.6. The quantitative estimate of drug-likeness (QED) is 0.358. The summed E-state index contributed by atoms with van der Waals surface area (Å²) in [5.41, 5.74) is 4.59. The number of aromatic hydroxyl groups is 1. The van der Waals surface area contributed by atoms with Gasteiger partial charge >= 0.3 is 0 Å². The summed E-state index contributed by atoms with van der Waals surface area (Å²) in [4.78, 5) is 25.2. The first-order valence-corrected chi connectivity index (χ1v) is 10.3. The number of anilines is 3. The van der Waals surface area contributed by atoms with Crippen LogP contribution < -0.4 is 10.2 Å². The Hall–Kier alpha value is -3.91. The summed E-state index contributed by atoms with van der Waals surface area (Å²) in [6.07, 6.45) is 6.85. The van der Waals surface area contributed by atoms with Crippen LogP contribution in [0.1, 0.15) is 5.56 Å². The van der Waals surface area contributed by atoms with Crippen LogP contribution in [0.2, 0.25) is 0 Å². The standard InChI is InChI=1S/C24H26N6O2/c1-16-7-5-8-21(31)23(16)27-24-20-14-25-15-30(20)19-13-17(10-11-18(19)26-24)29(4)22(32)9-6-12-28(2)3/h5-11,13-15,31H,12H2,1-4H3,(H,26,27)/b9-6+. The summed E-state index contributed by atoms with van der Waals surface area (Å²) in [5.74, 6) is 0.639. The lowest BCUT2D eigenvalue weighted by atomic mass is 10.2. The minimum absolute atomic E-state index is 0.102. The number of fused-ring (bicyclic) bond motifs is 3. The molecule has 2 aromatic carbocycles. The van der Waals surface area contributed by atoms with E-state index >= 15 is 0 Å². The number of nitrogens with one attached hydrogen (secondary N) is 1. The molecule has 0 saturated carbocycles. The summed E-state index contributed by atoms with van der Waals surface area (Å²) in [6.45, 7) is 2.62. The number of likely N-dealkylation sites (N-methyl/N-ethyl adjacent to an activating group) is 2. The van der Waals surface area contributed by atoms with Gasteiger partial charge in [-0.15, -0.1) is 0 Å². The number of para-hydroxylation sites is 1. The second-order valence-corrected chi connectivity index (χ2v) is 7.94. The predicted molar refractivity (Wildman–Crippen MR) is 128 cm³/mol. The third kappa shape index (κ3) is 4.13. The lowest BCUT2D eigenvalue weighted by Gasteiger charge is -2.17. The van der Waals surface area contributed by atoms with Crippen molar-refractivity contribution < 1.29 is 9.90 Å². The number of carbonyl (C=O) groups is 1. The Kier molecular flexibility index (Phi) is 5.79. The molecule has 2 aromatic heterocycles. The van der Waals surface area contributed by atoms with Crippen LogP contribution in [-0.2, 0) is 4.79 Å². The number of amides is 1. The second kappa shape index (κ2) is 8.68. The van der Waals surface area contributed by atoms with Crippen LogP contribution in [0.4, 0.5) is 17.2 Å². The number of phenolic OH excluding ortho intramolecular Hbond substituents is 1. The molecule has 0 aliphatic rings. The van der Waals surface area contributed by atoms with Crippen LogP contribution in [0.5, 0.6) is 5.75 Å². The molecule has 1 amide bonds. The third-order valence-electron chi connectivity index (χ3n) is 5.27. The zero-order valence-electron chi connectivity index (χ0n) is 18.6. The fourth-order valence-corrected chi connectivity index (χ4v) is 3.48. The van der Waals surface area contributed by atoms with E-state index in [4.69, 9.17) is 4.98 Å². The number of hydrogen-bond acceptors (Lipinski definition) is 6. The van der Waals surface area contributed by atoms with E-state index in [9.17, 15) is 9.90 Å². The maximum Gasteiger partial charge on any atom is 0.250 e. The molecule has 0 aliphatic heterocycles. The monoisotopic (exact) mass is 430 g/mol. The van der Waals surface area contributed by atoms with Gasteiger partial charge in [-0.25, -0.2) is 9.97 Å². The molecule has 8 heteroatoms. The molecule has 4 rings (SSSR count). The minimum atomic E-state index is -0.102. The molecule has 0 fully saturated rings. The summed E-state index contributed by atoms with van der Waals surface area (Å²) in [5, 5.41) is 13.5. The van der Waals surface area contributed by atoms with Gasteiger partial charge in [0, 0.05) is 25.4 Å². The highest BCUT2D eigenvalue weighted by molar-refractivity contribution is 6.02. The maximum absolute atomic E-state index is 12.5. The van der Waals surface area contributed by atoms with Crippen molar-refractivity contribution in [2.45, 2.75) is 6.92 Å². The van der Waals surface area contributed by atoms with Gasteiger partial charge in [0.25, 0.3) is 0 Å². The van der Waals surface area contributed by atoms with E-state index in [1.54, 1.807) is 42.7 Å². The molecular weight excluding hydrogens is 404 g/mol. The highest BCUT2D eigenvalue weighted by Crippen LogP contribution is 2.32. The summed E-state index contributed by atoms with van der Waals surface area (Å²) >= 11 is 0. The van der Waals surface area contributed by atoms with Crippen LogP contribution >= 0.6 is 0 Å². The lowest BCUT2D eigenvalue weighted by Crippen LogP contribution is -2.24. The van der Waals surface area contributed by atoms with Gasteiger partial charge in [-0.1, -0.05) is 18.2 Å². The third-order valence-corrected chi connectivity index (χ3v) is 5.27. The van der Waals surface area contributed by atoms with E-state index < -0.39 is 0 Å². The normalized spacial score (nSPS) is 11.7. The highest BCUT2D eigenvalue weighted by atomic mass is 16.3. The molecule has 0 aliphatic carbocycles. The van der Waals surface area contributed by atoms with Crippen molar-refractivity contribution in [1.82, 2.24) is 19.3 Å². The lowest BCUT2D eigenvalue weighted by molar-refractivity contribution is -0.113. The predicted octanol–water partition coefficient (Wildman–Crippen LogP) is 3.72. The number of aryl methyl sites for hydroxylation is 1. The smallest absolute Gasteiger partial charge is 0.250 e. The Morgan fingerprint density at radius 1 is 1.19 bits per heavy atom. The second-order valence-electron chi connectivity index (χ2n) is 7.94. The zero-order chi connectivity index (χ0) is 22.8. The first-order chi connectivity index (χ1) is 15.3. The van der Waals surface area contributed by atoms with E-state index in [0.29, 0.717) is 18.1 Å². The molecule has 2 N–H and O–H groups in total. The van der Waals surface area contributed by atoms with Crippen LogP contribution in [0.25, 0.3) is 16.6 Å². The number of carbonyl (C=O) groups excluding carboxylic acids is 1. The van der Waals surface area contributed by atoms with Crippen molar-refractivity contribution in [3.05, 3.63) is 66.6 Å². The van der Waals surface area contributed by atoms with Crippen molar-refractivity contribution in [2.75, 3.05) is 37.9 Å². The number of aromatic nitrogens is 3. The van der Waals surface area contributed by atoms with Gasteiger partial charge in [-0.2, -0.15) is 0 Å². The Labute approximate surface area is 186 Å². The van der Waals surface area contributed by atoms with Crippen molar-refractivity contribution in [3.8, 4) is 5.75 Å². The van der Waals surface area contributed by atoms with E-state index in [1.165, 1.54) is 0 Å². The van der Waals surface area contributed by atoms with Crippen LogP contribution in [-0.4, -0.2) is 58.0 Å². The van der Waals surface area contributed by atoms with Crippen molar-refractivity contribution in [3.63, 3.8) is 0 Å². The van der Waals surface area contributed by atoms with E-state index in [0.717, 1.165) is 27.8 Å². The first kappa shape index (κ1) is 21.3. The fourth-order valence-electron chi connectivity index (χ4n) is 3.48. The van der Waals surface area contributed by atoms with Gasteiger partial charge in [0.15, 0.2) is 5.82 Å². The molecule has 0 bridgehead atoms. The van der Waals surface area contributed by atoms with E-state index in [2.05, 4.69) is 10.3 Å². The molecule has 32 heavy (non-hydrogen) atoms. The minimum Gasteiger partial charge on any atom is -0.506 e. The molecule has 8 nitrogen and oxygen atoms in total. The fraction of sp³-hybridized carbons (Fsp3) is 0.208. The summed E-state index contributed by atoms with van der Waals surface area (Å²) in [6, 6.07) is 11.0.